The number of likely N-dealkylation sites (N-methyl/N-ethyl adjacent to an activating group) is 1. The molecule has 1 aliphatic heterocycles. The molecule has 1 aliphatic rings. The third-order valence-corrected chi connectivity index (χ3v) is 5.76. The van der Waals surface area contributed by atoms with Crippen LogP contribution < -0.4 is 15.0 Å². The SMILES string of the molecule is Cc1cc(OCC(=O)Nc2cccc(Cl)c2N2CCN(C)CC2)cc(C)c1Cl. The average Bonchev–Trinajstić information content (AvgIpc) is 2.65. The van der Waals surface area contributed by atoms with E-state index < -0.39 is 0 Å². The predicted octanol–water partition coefficient (Wildman–Crippen LogP) is 4.38. The zero-order chi connectivity index (χ0) is 20.3. The summed E-state index contributed by atoms with van der Waals surface area (Å²) in [4.78, 5) is 17.0. The molecule has 2 aromatic carbocycles. The van der Waals surface area contributed by atoms with Crippen molar-refractivity contribution in [3.8, 4) is 5.75 Å². The fraction of sp³-hybridized carbons (Fsp3) is 0.381. The standard InChI is InChI=1S/C21H25Cl2N3O2/c1-14-11-16(12-15(2)20(14)23)28-13-19(27)24-18-6-4-5-17(22)21(18)26-9-7-25(3)8-10-26/h4-6,11-12H,7-10,13H2,1-3H3,(H,24,27). The van der Waals surface area contributed by atoms with Crippen molar-refractivity contribution in [3.63, 3.8) is 0 Å². The Bertz CT molecular complexity index is 842. The highest BCUT2D eigenvalue weighted by atomic mass is 35.5. The van der Waals surface area contributed by atoms with E-state index in [1.54, 1.807) is 0 Å². The number of piperazine rings is 1. The van der Waals surface area contributed by atoms with E-state index in [-0.39, 0.29) is 12.5 Å². The van der Waals surface area contributed by atoms with Crippen molar-refractivity contribution < 1.29 is 9.53 Å². The Balaban J connectivity index is 1.68. The molecule has 0 aromatic heterocycles. The van der Waals surface area contributed by atoms with Crippen LogP contribution in [0.15, 0.2) is 30.3 Å². The van der Waals surface area contributed by atoms with Crippen LogP contribution in [-0.2, 0) is 4.79 Å². The monoisotopic (exact) mass is 421 g/mol. The molecule has 0 spiro atoms. The molecule has 150 valence electrons. The highest BCUT2D eigenvalue weighted by Crippen LogP contribution is 2.34. The number of carbonyl (C=O) groups excluding carboxylic acids is 1. The van der Waals surface area contributed by atoms with Crippen molar-refractivity contribution in [1.82, 2.24) is 4.90 Å². The van der Waals surface area contributed by atoms with E-state index in [1.807, 2.05) is 44.2 Å². The molecule has 0 saturated carbocycles. The Hall–Kier alpha value is -1.95. The van der Waals surface area contributed by atoms with Gasteiger partial charge in [0.15, 0.2) is 6.61 Å². The molecule has 0 radical (unpaired) electrons. The number of halogens is 2. The number of para-hydroxylation sites is 1. The van der Waals surface area contributed by atoms with Crippen LogP contribution in [0.3, 0.4) is 0 Å². The number of nitrogens with zero attached hydrogens (tertiary/aromatic N) is 2. The van der Waals surface area contributed by atoms with Crippen LogP contribution in [0, 0.1) is 13.8 Å². The number of rotatable bonds is 5. The first-order valence-electron chi connectivity index (χ1n) is 9.26. The minimum absolute atomic E-state index is 0.0881. The number of anilines is 2. The first-order chi connectivity index (χ1) is 13.3. The lowest BCUT2D eigenvalue weighted by Gasteiger charge is -2.35. The van der Waals surface area contributed by atoms with Crippen molar-refractivity contribution in [1.29, 1.82) is 0 Å². The first-order valence-corrected chi connectivity index (χ1v) is 10.0. The van der Waals surface area contributed by atoms with Gasteiger partial charge in [-0.1, -0.05) is 29.3 Å². The number of carbonyl (C=O) groups is 1. The molecule has 0 unspecified atom stereocenters. The summed E-state index contributed by atoms with van der Waals surface area (Å²) in [5.41, 5.74) is 3.41. The van der Waals surface area contributed by atoms with E-state index in [4.69, 9.17) is 27.9 Å². The fourth-order valence-corrected chi connectivity index (χ4v) is 3.70. The summed E-state index contributed by atoms with van der Waals surface area (Å²) in [6.45, 7) is 7.38. The summed E-state index contributed by atoms with van der Waals surface area (Å²) < 4.78 is 5.66. The Morgan fingerprint density at radius 2 is 1.75 bits per heavy atom. The van der Waals surface area contributed by atoms with E-state index in [0.29, 0.717) is 21.5 Å². The summed E-state index contributed by atoms with van der Waals surface area (Å²) in [7, 11) is 2.10. The zero-order valence-corrected chi connectivity index (χ0v) is 17.9. The van der Waals surface area contributed by atoms with Gasteiger partial charge in [0.2, 0.25) is 0 Å². The van der Waals surface area contributed by atoms with Gasteiger partial charge in [0, 0.05) is 31.2 Å². The number of nitrogens with one attached hydrogen (secondary N) is 1. The maximum absolute atomic E-state index is 12.5. The maximum Gasteiger partial charge on any atom is 0.262 e. The van der Waals surface area contributed by atoms with Crippen molar-refractivity contribution in [2.45, 2.75) is 13.8 Å². The lowest BCUT2D eigenvalue weighted by atomic mass is 10.1. The second-order valence-corrected chi connectivity index (χ2v) is 7.92. The predicted molar refractivity (Wildman–Crippen MR) is 116 cm³/mol. The van der Waals surface area contributed by atoms with E-state index in [1.165, 1.54) is 0 Å². The molecule has 1 N–H and O–H groups in total. The van der Waals surface area contributed by atoms with Crippen molar-refractivity contribution in [3.05, 3.63) is 51.5 Å². The number of hydrogen-bond acceptors (Lipinski definition) is 4. The zero-order valence-electron chi connectivity index (χ0n) is 16.4. The van der Waals surface area contributed by atoms with Gasteiger partial charge >= 0.3 is 0 Å². The highest BCUT2D eigenvalue weighted by Gasteiger charge is 2.20. The summed E-state index contributed by atoms with van der Waals surface area (Å²) in [5.74, 6) is 0.392. The second kappa shape index (κ2) is 9.03. The molecule has 3 rings (SSSR count). The number of benzene rings is 2. The van der Waals surface area contributed by atoms with Crippen LogP contribution in [0.1, 0.15) is 11.1 Å². The Kier molecular flexibility index (Phi) is 6.70. The normalized spacial score (nSPS) is 14.8. The van der Waals surface area contributed by atoms with Crippen LogP contribution in [-0.4, -0.2) is 50.6 Å². The van der Waals surface area contributed by atoms with Gasteiger partial charge in [-0.05, 0) is 56.3 Å². The Morgan fingerprint density at radius 1 is 1.11 bits per heavy atom. The van der Waals surface area contributed by atoms with Crippen LogP contribution in [0.5, 0.6) is 5.75 Å². The second-order valence-electron chi connectivity index (χ2n) is 7.13. The van der Waals surface area contributed by atoms with E-state index in [0.717, 1.165) is 43.0 Å². The molecule has 28 heavy (non-hydrogen) atoms. The van der Waals surface area contributed by atoms with Crippen LogP contribution in [0.4, 0.5) is 11.4 Å². The first kappa shape index (κ1) is 20.8. The molecule has 1 heterocycles. The molecule has 1 fully saturated rings. The number of amides is 1. The van der Waals surface area contributed by atoms with Crippen molar-refractivity contribution in [2.75, 3.05) is 50.1 Å². The lowest BCUT2D eigenvalue weighted by molar-refractivity contribution is -0.118. The summed E-state index contributed by atoms with van der Waals surface area (Å²) in [6.07, 6.45) is 0. The van der Waals surface area contributed by atoms with Gasteiger partial charge in [0.25, 0.3) is 5.91 Å². The fourth-order valence-electron chi connectivity index (χ4n) is 3.29. The smallest absolute Gasteiger partial charge is 0.262 e. The maximum atomic E-state index is 12.5. The average molecular weight is 422 g/mol. The molecule has 2 aromatic rings. The number of ether oxygens (including phenoxy) is 1. The topological polar surface area (TPSA) is 44.8 Å². The van der Waals surface area contributed by atoms with E-state index in [9.17, 15) is 4.79 Å². The van der Waals surface area contributed by atoms with Crippen molar-refractivity contribution in [2.24, 2.45) is 0 Å². The molecule has 1 amide bonds. The lowest BCUT2D eigenvalue weighted by Crippen LogP contribution is -2.45. The molecule has 1 saturated heterocycles. The Morgan fingerprint density at radius 3 is 2.39 bits per heavy atom. The molecular formula is C21H25Cl2N3O2. The van der Waals surface area contributed by atoms with Gasteiger partial charge in [-0.15, -0.1) is 0 Å². The molecular weight excluding hydrogens is 397 g/mol. The van der Waals surface area contributed by atoms with Crippen molar-refractivity contribution >= 4 is 40.5 Å². The quantitative estimate of drug-likeness (QED) is 0.777. The third kappa shape index (κ3) is 4.90. The minimum Gasteiger partial charge on any atom is -0.484 e. The summed E-state index contributed by atoms with van der Waals surface area (Å²) in [6, 6.07) is 9.22. The van der Waals surface area contributed by atoms with Gasteiger partial charge in [0.1, 0.15) is 5.75 Å². The molecule has 0 atom stereocenters. The summed E-state index contributed by atoms with van der Waals surface area (Å²) in [5, 5.41) is 4.29. The van der Waals surface area contributed by atoms with Gasteiger partial charge in [-0.25, -0.2) is 0 Å². The molecule has 0 aliphatic carbocycles. The third-order valence-electron chi connectivity index (χ3n) is 4.86. The van der Waals surface area contributed by atoms with Gasteiger partial charge < -0.3 is 19.9 Å². The van der Waals surface area contributed by atoms with Gasteiger partial charge in [-0.3, -0.25) is 4.79 Å². The number of aryl methyl sites for hydroxylation is 2. The van der Waals surface area contributed by atoms with Crippen LogP contribution in [0.25, 0.3) is 0 Å². The summed E-state index contributed by atoms with van der Waals surface area (Å²) >= 11 is 12.6. The Labute approximate surface area is 176 Å². The molecule has 7 heteroatoms. The van der Waals surface area contributed by atoms with E-state index >= 15 is 0 Å². The minimum atomic E-state index is -0.233. The highest BCUT2D eigenvalue weighted by molar-refractivity contribution is 6.34. The molecule has 5 nitrogen and oxygen atoms in total. The van der Waals surface area contributed by atoms with Crippen LogP contribution >= 0.6 is 23.2 Å². The molecule has 0 bridgehead atoms. The van der Waals surface area contributed by atoms with Gasteiger partial charge in [0.05, 0.1) is 16.4 Å². The number of hydrogen-bond donors (Lipinski definition) is 1. The van der Waals surface area contributed by atoms with Gasteiger partial charge in [-0.2, -0.15) is 0 Å². The largest absolute Gasteiger partial charge is 0.484 e. The van der Waals surface area contributed by atoms with Crippen LogP contribution in [0.2, 0.25) is 10.0 Å². The van der Waals surface area contributed by atoms with E-state index in [2.05, 4.69) is 22.2 Å².